The summed E-state index contributed by atoms with van der Waals surface area (Å²) in [5.41, 5.74) is 2.83. The molecule has 2 aromatic rings. The van der Waals surface area contributed by atoms with Gasteiger partial charge in [-0.2, -0.15) is 0 Å². The predicted molar refractivity (Wildman–Crippen MR) is 71.4 cm³/mol. The van der Waals surface area contributed by atoms with Crippen LogP contribution in [-0.4, -0.2) is 5.91 Å². The number of rotatable bonds is 4. The van der Waals surface area contributed by atoms with Crippen LogP contribution in [0.4, 0.5) is 0 Å². The monoisotopic (exact) mass is 282 g/mol. The van der Waals surface area contributed by atoms with E-state index in [-0.39, 0.29) is 5.76 Å². The van der Waals surface area contributed by atoms with Crippen LogP contribution in [0.3, 0.4) is 0 Å². The Hall–Kier alpha value is -1.43. The molecule has 0 saturated heterocycles. The minimum Gasteiger partial charge on any atom is -0.459 e. The van der Waals surface area contributed by atoms with Gasteiger partial charge in [0.2, 0.25) is 0 Å². The Morgan fingerprint density at radius 2 is 2.17 bits per heavy atom. The van der Waals surface area contributed by atoms with E-state index in [1.165, 1.54) is 18.0 Å². The summed E-state index contributed by atoms with van der Waals surface area (Å²) in [6, 6.07) is 9.28. The highest BCUT2D eigenvalue weighted by Gasteiger charge is 2.14. The number of benzene rings is 1. The maximum absolute atomic E-state index is 11.4. The van der Waals surface area contributed by atoms with Gasteiger partial charge in [0.25, 0.3) is 0 Å². The zero-order valence-corrected chi connectivity index (χ0v) is 10.9. The first-order valence-electron chi connectivity index (χ1n) is 5.17. The van der Waals surface area contributed by atoms with E-state index in [2.05, 4.69) is 0 Å². The highest BCUT2D eigenvalue weighted by Crippen LogP contribution is 2.30. The smallest absolute Gasteiger partial charge is 0.301 e. The summed E-state index contributed by atoms with van der Waals surface area (Å²) in [7, 11) is 0. The van der Waals surface area contributed by atoms with Crippen molar-refractivity contribution in [3.05, 3.63) is 52.9 Å². The Balaban J connectivity index is 2.09. The zero-order chi connectivity index (χ0) is 13.0. The van der Waals surface area contributed by atoms with Gasteiger partial charge in [0.05, 0.1) is 11.3 Å². The molecule has 0 saturated carbocycles. The average Bonchev–Trinajstić information content (AvgIpc) is 2.85. The lowest BCUT2D eigenvalue weighted by atomic mass is 10.3. The van der Waals surface area contributed by atoms with Crippen molar-refractivity contribution in [3.63, 3.8) is 0 Å². The van der Waals surface area contributed by atoms with Gasteiger partial charge >= 0.3 is 5.91 Å². The number of thioether (sulfide) groups is 1. The molecule has 1 aromatic heterocycles. The van der Waals surface area contributed by atoms with E-state index in [9.17, 15) is 4.79 Å². The first-order valence-corrected chi connectivity index (χ1v) is 6.53. The number of halogens is 1. The van der Waals surface area contributed by atoms with Crippen LogP contribution < -0.4 is 11.3 Å². The van der Waals surface area contributed by atoms with Gasteiger partial charge in [-0.1, -0.05) is 23.7 Å². The number of hydrazine groups is 1. The van der Waals surface area contributed by atoms with Crippen LogP contribution in [0.15, 0.2) is 45.9 Å². The van der Waals surface area contributed by atoms with Crippen LogP contribution >= 0.6 is 23.4 Å². The van der Waals surface area contributed by atoms with Crippen LogP contribution in [-0.2, 0) is 5.75 Å². The molecule has 3 N–H and O–H groups in total. The summed E-state index contributed by atoms with van der Waals surface area (Å²) < 4.78 is 5.10. The van der Waals surface area contributed by atoms with Crippen molar-refractivity contribution in [2.45, 2.75) is 10.6 Å². The molecule has 4 nitrogen and oxygen atoms in total. The molecule has 6 heteroatoms. The van der Waals surface area contributed by atoms with Crippen LogP contribution in [0.2, 0.25) is 5.02 Å². The summed E-state index contributed by atoms with van der Waals surface area (Å²) in [6.07, 6.45) is 1.47. The molecule has 0 unspecified atom stereocenters. The molecule has 0 spiro atoms. The maximum Gasteiger partial charge on any atom is 0.301 e. The standard InChI is InChI=1S/C12H11ClN2O2S/c13-9-3-1-2-4-10(9)18-7-8-5-6-17-11(8)12(16)15-14/h1-6H,7,14H2,(H,15,16). The van der Waals surface area contributed by atoms with Crippen molar-refractivity contribution < 1.29 is 9.21 Å². The van der Waals surface area contributed by atoms with Gasteiger partial charge in [-0.05, 0) is 18.2 Å². The lowest BCUT2D eigenvalue weighted by Gasteiger charge is -2.03. The van der Waals surface area contributed by atoms with Gasteiger partial charge in [0, 0.05) is 16.2 Å². The molecule has 1 heterocycles. The number of furan rings is 1. The number of hydrogen-bond acceptors (Lipinski definition) is 4. The molecule has 0 aliphatic rings. The molecule has 0 radical (unpaired) electrons. The fraction of sp³-hybridized carbons (Fsp3) is 0.0833. The molecule has 0 fully saturated rings. The van der Waals surface area contributed by atoms with Crippen molar-refractivity contribution in [2.75, 3.05) is 0 Å². The van der Waals surface area contributed by atoms with E-state index in [0.29, 0.717) is 10.8 Å². The second-order valence-electron chi connectivity index (χ2n) is 3.47. The van der Waals surface area contributed by atoms with Gasteiger partial charge in [-0.15, -0.1) is 11.8 Å². The number of carbonyl (C=O) groups excluding carboxylic acids is 1. The first-order chi connectivity index (χ1) is 8.72. The average molecular weight is 283 g/mol. The Kier molecular flexibility index (Phi) is 4.30. The van der Waals surface area contributed by atoms with Gasteiger partial charge in [-0.25, -0.2) is 5.84 Å². The van der Waals surface area contributed by atoms with Gasteiger partial charge in [0.15, 0.2) is 5.76 Å². The molecule has 1 amide bonds. The minimum absolute atomic E-state index is 0.233. The maximum atomic E-state index is 11.4. The lowest BCUT2D eigenvalue weighted by Crippen LogP contribution is -2.30. The SMILES string of the molecule is NNC(=O)c1occc1CSc1ccccc1Cl. The van der Waals surface area contributed by atoms with Crippen molar-refractivity contribution in [3.8, 4) is 0 Å². The summed E-state index contributed by atoms with van der Waals surface area (Å²) in [5.74, 6) is 5.46. The fourth-order valence-corrected chi connectivity index (χ4v) is 2.65. The first kappa shape index (κ1) is 13.0. The van der Waals surface area contributed by atoms with E-state index < -0.39 is 5.91 Å². The van der Waals surface area contributed by atoms with Crippen molar-refractivity contribution >= 4 is 29.3 Å². The van der Waals surface area contributed by atoms with E-state index in [1.54, 1.807) is 6.07 Å². The second kappa shape index (κ2) is 5.95. The highest BCUT2D eigenvalue weighted by atomic mass is 35.5. The second-order valence-corrected chi connectivity index (χ2v) is 4.89. The lowest BCUT2D eigenvalue weighted by molar-refractivity contribution is 0.0925. The minimum atomic E-state index is -0.435. The molecule has 0 aliphatic heterocycles. The number of amides is 1. The largest absolute Gasteiger partial charge is 0.459 e. The Bertz CT molecular complexity index is 557. The fourth-order valence-electron chi connectivity index (χ4n) is 1.43. The van der Waals surface area contributed by atoms with E-state index in [4.69, 9.17) is 21.9 Å². The van der Waals surface area contributed by atoms with E-state index in [0.717, 1.165) is 10.5 Å². The molecule has 0 aliphatic carbocycles. The highest BCUT2D eigenvalue weighted by molar-refractivity contribution is 7.98. The third-order valence-corrected chi connectivity index (χ3v) is 3.87. The van der Waals surface area contributed by atoms with Crippen LogP contribution in [0.25, 0.3) is 0 Å². The van der Waals surface area contributed by atoms with Gasteiger partial charge in [0.1, 0.15) is 0 Å². The molecule has 18 heavy (non-hydrogen) atoms. The third kappa shape index (κ3) is 2.87. The Labute approximate surface area is 113 Å². The van der Waals surface area contributed by atoms with Gasteiger partial charge in [-0.3, -0.25) is 10.2 Å². The topological polar surface area (TPSA) is 68.3 Å². The molecule has 2 rings (SSSR count). The number of carbonyl (C=O) groups is 1. The number of nitrogens with one attached hydrogen (secondary N) is 1. The normalized spacial score (nSPS) is 10.3. The summed E-state index contributed by atoms with van der Waals surface area (Å²) >= 11 is 7.58. The van der Waals surface area contributed by atoms with Crippen LogP contribution in [0, 0.1) is 0 Å². The summed E-state index contributed by atoms with van der Waals surface area (Å²) in [5, 5.41) is 0.691. The summed E-state index contributed by atoms with van der Waals surface area (Å²) in [6.45, 7) is 0. The number of hydrogen-bond donors (Lipinski definition) is 2. The quantitative estimate of drug-likeness (QED) is 0.392. The molecule has 0 atom stereocenters. The molecule has 0 bridgehead atoms. The van der Waals surface area contributed by atoms with E-state index >= 15 is 0 Å². The molecule has 1 aromatic carbocycles. The number of nitrogens with two attached hydrogens (primary N) is 1. The van der Waals surface area contributed by atoms with Crippen molar-refractivity contribution in [2.24, 2.45) is 5.84 Å². The number of nitrogen functional groups attached to an aromatic ring is 1. The van der Waals surface area contributed by atoms with Gasteiger partial charge < -0.3 is 4.42 Å². The molecular weight excluding hydrogens is 272 g/mol. The molecule has 94 valence electrons. The molecular formula is C12H11ClN2O2S. The van der Waals surface area contributed by atoms with Crippen LogP contribution in [0.5, 0.6) is 0 Å². The third-order valence-electron chi connectivity index (χ3n) is 2.30. The predicted octanol–water partition coefficient (Wildman–Crippen LogP) is 2.83. The zero-order valence-electron chi connectivity index (χ0n) is 9.35. The Morgan fingerprint density at radius 3 is 2.89 bits per heavy atom. The van der Waals surface area contributed by atoms with Crippen LogP contribution in [0.1, 0.15) is 16.1 Å². The van der Waals surface area contributed by atoms with E-state index in [1.807, 2.05) is 29.7 Å². The van der Waals surface area contributed by atoms with Crippen molar-refractivity contribution in [1.29, 1.82) is 0 Å². The summed E-state index contributed by atoms with van der Waals surface area (Å²) in [4.78, 5) is 12.4. The van der Waals surface area contributed by atoms with Crippen molar-refractivity contribution in [1.82, 2.24) is 5.43 Å². The Morgan fingerprint density at radius 1 is 1.39 bits per heavy atom.